The Bertz CT molecular complexity index is 1060. The molecule has 8 nitrogen and oxygen atoms in total. The van der Waals surface area contributed by atoms with Gasteiger partial charge in [0, 0.05) is 32.5 Å². The average Bonchev–Trinajstić information content (AvgIpc) is 3.19. The minimum Gasteiger partial charge on any atom is -0.464 e. The fraction of sp³-hybridized carbons (Fsp3) is 0.878. The second kappa shape index (κ2) is 43.4. The fourth-order valence-electron chi connectivity index (χ4n) is 7.35. The van der Waals surface area contributed by atoms with Gasteiger partial charge >= 0.3 is 11.9 Å². The van der Waals surface area contributed by atoms with Crippen molar-refractivity contribution in [1.29, 1.82) is 0 Å². The van der Waals surface area contributed by atoms with Gasteiger partial charge in [-0.1, -0.05) is 180 Å². The highest BCUT2D eigenvalue weighted by atomic mass is 32.2. The second-order valence-electron chi connectivity index (χ2n) is 16.8. The van der Waals surface area contributed by atoms with Gasteiger partial charge in [0.05, 0.1) is 5.75 Å². The quantitative estimate of drug-likeness (QED) is 0.0279. The Kier molecular flexibility index (Phi) is 42.1. The number of esters is 2. The summed E-state index contributed by atoms with van der Waals surface area (Å²) in [6.45, 7) is 7.73. The Labute approximate surface area is 359 Å². The number of hydrogen-bond donors (Lipinski definition) is 1. The molecule has 0 amide bonds. The van der Waals surface area contributed by atoms with Gasteiger partial charge in [-0.2, -0.15) is 8.42 Å². The molecule has 0 bridgehead atoms. The van der Waals surface area contributed by atoms with Crippen molar-refractivity contribution in [3.05, 3.63) is 24.3 Å². The van der Waals surface area contributed by atoms with Gasteiger partial charge in [-0.15, -0.1) is 0 Å². The van der Waals surface area contributed by atoms with Gasteiger partial charge in [0.1, 0.15) is 13.2 Å². The van der Waals surface area contributed by atoms with E-state index in [2.05, 4.69) is 45.1 Å². The maximum absolute atomic E-state index is 12.4. The monoisotopic (exact) mass is 840 g/mol. The molecule has 0 atom stereocenters. The summed E-state index contributed by atoms with van der Waals surface area (Å²) in [6, 6.07) is 0. The Balaban J connectivity index is 4.12. The van der Waals surface area contributed by atoms with E-state index in [-0.39, 0.29) is 31.7 Å². The van der Waals surface area contributed by atoms with Crippen molar-refractivity contribution >= 4 is 22.1 Å². The van der Waals surface area contributed by atoms with E-state index < -0.39 is 15.9 Å². The van der Waals surface area contributed by atoms with Crippen LogP contribution in [-0.2, 0) is 29.2 Å². The molecule has 0 fully saturated rings. The van der Waals surface area contributed by atoms with Crippen molar-refractivity contribution < 1.29 is 32.0 Å². The number of nitrogens with zero attached hydrogens (tertiary/aromatic N) is 1. The molecule has 58 heavy (non-hydrogen) atoms. The molecule has 0 aromatic rings. The van der Waals surface area contributed by atoms with E-state index in [1.54, 1.807) is 4.90 Å². The number of ether oxygens (including phenoxy) is 2. The molecule has 0 spiro atoms. The smallest absolute Gasteiger partial charge is 0.305 e. The molecule has 0 radical (unpaired) electrons. The van der Waals surface area contributed by atoms with Crippen molar-refractivity contribution in [2.45, 2.75) is 233 Å². The Morgan fingerprint density at radius 3 is 1.28 bits per heavy atom. The predicted molar refractivity (Wildman–Crippen MR) is 246 cm³/mol. The maximum atomic E-state index is 12.4. The topological polar surface area (TPSA) is 110 Å². The first kappa shape index (κ1) is 56.3. The van der Waals surface area contributed by atoms with Crippen molar-refractivity contribution in [3.63, 3.8) is 0 Å². The summed E-state index contributed by atoms with van der Waals surface area (Å²) in [6.07, 6.45) is 48.5. The van der Waals surface area contributed by atoms with Crippen LogP contribution in [-0.4, -0.2) is 68.4 Å². The highest BCUT2D eigenvalue weighted by Crippen LogP contribution is 2.21. The van der Waals surface area contributed by atoms with E-state index in [1.165, 1.54) is 148 Å². The minimum absolute atomic E-state index is 0.0656. The predicted octanol–water partition coefficient (Wildman–Crippen LogP) is 13.9. The molecule has 0 rings (SSSR count). The SMILES string of the molecule is CCCCCCCC/C=C/CCCCCCCC(=O)OCCN(CCOC(=O)CCCCCCC/C=C/C(CCCCCCC)CCCCCCC)CCS(=O)(=O)O. The molecular formula is C49H93NO7S. The Morgan fingerprint density at radius 1 is 0.500 bits per heavy atom. The normalized spacial score (nSPS) is 12.2. The molecule has 342 valence electrons. The highest BCUT2D eigenvalue weighted by molar-refractivity contribution is 7.85. The van der Waals surface area contributed by atoms with Crippen LogP contribution >= 0.6 is 0 Å². The first-order valence-corrected chi connectivity index (χ1v) is 26.1. The number of hydrogen-bond acceptors (Lipinski definition) is 7. The van der Waals surface area contributed by atoms with Gasteiger partial charge in [-0.3, -0.25) is 19.0 Å². The van der Waals surface area contributed by atoms with Gasteiger partial charge in [0.15, 0.2) is 0 Å². The molecule has 0 unspecified atom stereocenters. The molecule has 0 aliphatic rings. The lowest BCUT2D eigenvalue weighted by atomic mass is 9.93. The molecule has 1 N–H and O–H groups in total. The summed E-state index contributed by atoms with van der Waals surface area (Å²) in [5, 5.41) is 0. The molecule has 0 saturated carbocycles. The molecule has 0 saturated heterocycles. The van der Waals surface area contributed by atoms with Crippen molar-refractivity contribution in [2.24, 2.45) is 5.92 Å². The zero-order chi connectivity index (χ0) is 42.6. The zero-order valence-electron chi connectivity index (χ0n) is 38.2. The van der Waals surface area contributed by atoms with Gasteiger partial charge in [0.2, 0.25) is 0 Å². The van der Waals surface area contributed by atoms with E-state index in [0.717, 1.165) is 57.3 Å². The van der Waals surface area contributed by atoms with E-state index >= 15 is 0 Å². The largest absolute Gasteiger partial charge is 0.464 e. The third kappa shape index (κ3) is 43.9. The van der Waals surface area contributed by atoms with Crippen molar-refractivity contribution in [1.82, 2.24) is 4.90 Å². The molecule has 9 heteroatoms. The minimum atomic E-state index is -4.14. The molecule has 0 aromatic carbocycles. The van der Waals surface area contributed by atoms with Crippen LogP contribution in [0.1, 0.15) is 233 Å². The number of carbonyl (C=O) groups excluding carboxylic acids is 2. The Hall–Kier alpha value is -1.71. The summed E-state index contributed by atoms with van der Waals surface area (Å²) >= 11 is 0. The van der Waals surface area contributed by atoms with Crippen LogP contribution in [0.3, 0.4) is 0 Å². The second-order valence-corrected chi connectivity index (χ2v) is 18.4. The van der Waals surface area contributed by atoms with Gasteiger partial charge < -0.3 is 9.47 Å². The summed E-state index contributed by atoms with van der Waals surface area (Å²) in [4.78, 5) is 26.4. The van der Waals surface area contributed by atoms with Crippen LogP contribution in [0.4, 0.5) is 0 Å². The van der Waals surface area contributed by atoms with E-state index in [1.807, 2.05) is 0 Å². The van der Waals surface area contributed by atoms with Gasteiger partial charge in [0.25, 0.3) is 10.1 Å². The van der Waals surface area contributed by atoms with Crippen LogP contribution in [0, 0.1) is 5.92 Å². The standard InChI is InChI=1S/C49H93NO7S/c1-4-7-10-13-14-15-16-17-18-19-20-21-24-29-34-39-48(51)56-44-41-50(43-46-58(53,54)55)42-45-57-49(52)40-35-30-25-22-23-28-33-38-47(36-31-26-11-8-5-2)37-32-27-12-9-6-3/h17-18,33,38,47H,4-16,19-32,34-37,39-46H2,1-3H3,(H,53,54,55)/b18-17+,38-33+. The van der Waals surface area contributed by atoms with Crippen LogP contribution in [0.5, 0.6) is 0 Å². The fourth-order valence-corrected chi connectivity index (χ4v) is 7.84. The lowest BCUT2D eigenvalue weighted by Gasteiger charge is -2.21. The summed E-state index contributed by atoms with van der Waals surface area (Å²) < 4.78 is 42.8. The molecule has 0 heterocycles. The number of carbonyl (C=O) groups is 2. The molecule has 0 aromatic heterocycles. The average molecular weight is 840 g/mol. The number of allylic oxidation sites excluding steroid dienone is 4. The Morgan fingerprint density at radius 2 is 0.862 bits per heavy atom. The third-order valence-corrected chi connectivity index (χ3v) is 11.9. The first-order valence-electron chi connectivity index (χ1n) is 24.5. The number of rotatable bonds is 45. The van der Waals surface area contributed by atoms with Gasteiger partial charge in [-0.25, -0.2) is 0 Å². The summed E-state index contributed by atoms with van der Waals surface area (Å²) in [5.74, 6) is -0.202. The van der Waals surface area contributed by atoms with Crippen LogP contribution in [0.2, 0.25) is 0 Å². The summed E-state index contributed by atoms with van der Waals surface area (Å²) in [5.41, 5.74) is 0. The van der Waals surface area contributed by atoms with Crippen LogP contribution in [0.25, 0.3) is 0 Å². The van der Waals surface area contributed by atoms with Crippen LogP contribution < -0.4 is 0 Å². The zero-order valence-corrected chi connectivity index (χ0v) is 39.0. The van der Waals surface area contributed by atoms with E-state index in [4.69, 9.17) is 9.47 Å². The molecule has 0 aliphatic heterocycles. The third-order valence-electron chi connectivity index (χ3n) is 11.2. The molecular weight excluding hydrogens is 747 g/mol. The maximum Gasteiger partial charge on any atom is 0.305 e. The lowest BCUT2D eigenvalue weighted by Crippen LogP contribution is -2.35. The van der Waals surface area contributed by atoms with Crippen molar-refractivity contribution in [3.8, 4) is 0 Å². The van der Waals surface area contributed by atoms with Crippen LogP contribution in [0.15, 0.2) is 24.3 Å². The van der Waals surface area contributed by atoms with Gasteiger partial charge in [-0.05, 0) is 70.1 Å². The van der Waals surface area contributed by atoms with Crippen molar-refractivity contribution in [2.75, 3.05) is 38.6 Å². The number of unbranched alkanes of at least 4 members (excludes halogenated alkanes) is 24. The van der Waals surface area contributed by atoms with E-state index in [9.17, 15) is 22.6 Å². The summed E-state index contributed by atoms with van der Waals surface area (Å²) in [7, 11) is -4.14. The van der Waals surface area contributed by atoms with E-state index in [0.29, 0.717) is 25.9 Å². The first-order chi connectivity index (χ1) is 28.2. The molecule has 0 aliphatic carbocycles. The lowest BCUT2D eigenvalue weighted by molar-refractivity contribution is -0.144. The highest BCUT2D eigenvalue weighted by Gasteiger charge is 2.13.